The van der Waals surface area contributed by atoms with E-state index in [1.165, 1.54) is 11.1 Å². The van der Waals surface area contributed by atoms with Gasteiger partial charge in [-0.1, -0.05) is 44.9 Å². The Morgan fingerprint density at radius 1 is 1.13 bits per heavy atom. The van der Waals surface area contributed by atoms with E-state index in [1.54, 1.807) is 0 Å². The summed E-state index contributed by atoms with van der Waals surface area (Å²) >= 11 is 0. The molecule has 80 valence electrons. The summed E-state index contributed by atoms with van der Waals surface area (Å²) in [5, 5.41) is 0. The van der Waals surface area contributed by atoms with Crippen LogP contribution in [0.4, 0.5) is 0 Å². The van der Waals surface area contributed by atoms with E-state index in [0.29, 0.717) is 11.7 Å². The monoisotopic (exact) mass is 202 g/mol. The van der Waals surface area contributed by atoms with Crippen LogP contribution in [-0.2, 0) is 4.79 Å². The van der Waals surface area contributed by atoms with Crippen LogP contribution in [0.1, 0.15) is 34.1 Å². The number of carbonyl (C=O) groups is 1. The van der Waals surface area contributed by atoms with Crippen molar-refractivity contribution in [3.63, 3.8) is 0 Å². The molecule has 3 aliphatic rings. The maximum Gasteiger partial charge on any atom is 0.159 e. The molecule has 0 amide bonds. The molecule has 0 heterocycles. The van der Waals surface area contributed by atoms with Crippen LogP contribution in [0.25, 0.3) is 0 Å². The SMILES string of the molecule is CC1(C)C2=CC[C@H]3C(=O)C=C([C@@H]23)C1(C)C. The number of hydrogen-bond acceptors (Lipinski definition) is 1. The molecule has 0 spiro atoms. The maximum atomic E-state index is 11.8. The predicted molar refractivity (Wildman–Crippen MR) is 60.3 cm³/mol. The van der Waals surface area contributed by atoms with Gasteiger partial charge in [0.15, 0.2) is 5.78 Å². The molecule has 15 heavy (non-hydrogen) atoms. The van der Waals surface area contributed by atoms with Crippen molar-refractivity contribution in [1.29, 1.82) is 0 Å². The summed E-state index contributed by atoms with van der Waals surface area (Å²) in [6.45, 7) is 9.22. The summed E-state index contributed by atoms with van der Waals surface area (Å²) in [6.07, 6.45) is 5.24. The molecule has 0 unspecified atom stereocenters. The van der Waals surface area contributed by atoms with Crippen LogP contribution in [0.3, 0.4) is 0 Å². The van der Waals surface area contributed by atoms with Gasteiger partial charge < -0.3 is 0 Å². The minimum atomic E-state index is 0.147. The van der Waals surface area contributed by atoms with Crippen LogP contribution < -0.4 is 0 Å². The van der Waals surface area contributed by atoms with Crippen molar-refractivity contribution in [2.75, 3.05) is 0 Å². The molecule has 0 radical (unpaired) electrons. The van der Waals surface area contributed by atoms with Gasteiger partial charge in [-0.25, -0.2) is 0 Å². The second-order valence-corrected chi connectivity index (χ2v) is 6.23. The zero-order chi connectivity index (χ0) is 11.0. The third kappa shape index (κ3) is 0.802. The maximum absolute atomic E-state index is 11.8. The Kier molecular flexibility index (Phi) is 1.43. The molecule has 1 heteroatoms. The van der Waals surface area contributed by atoms with Gasteiger partial charge in [0.05, 0.1) is 0 Å². The van der Waals surface area contributed by atoms with Crippen LogP contribution in [0.2, 0.25) is 0 Å². The zero-order valence-electron chi connectivity index (χ0n) is 9.92. The van der Waals surface area contributed by atoms with Crippen molar-refractivity contribution in [3.8, 4) is 0 Å². The van der Waals surface area contributed by atoms with E-state index >= 15 is 0 Å². The lowest BCUT2D eigenvalue weighted by Crippen LogP contribution is -2.28. The Morgan fingerprint density at radius 2 is 1.73 bits per heavy atom. The van der Waals surface area contributed by atoms with Gasteiger partial charge >= 0.3 is 0 Å². The average molecular weight is 202 g/mol. The highest BCUT2D eigenvalue weighted by molar-refractivity contribution is 5.98. The minimum Gasteiger partial charge on any atom is -0.294 e. The number of carbonyl (C=O) groups excluding carboxylic acids is 1. The third-order valence-corrected chi connectivity index (χ3v) is 5.33. The Labute approximate surface area is 91.2 Å². The first-order valence-corrected chi connectivity index (χ1v) is 5.84. The zero-order valence-corrected chi connectivity index (χ0v) is 9.92. The van der Waals surface area contributed by atoms with E-state index in [4.69, 9.17) is 0 Å². The second kappa shape index (κ2) is 2.28. The van der Waals surface area contributed by atoms with Crippen LogP contribution in [0, 0.1) is 22.7 Å². The molecule has 0 N–H and O–H groups in total. The van der Waals surface area contributed by atoms with Crippen LogP contribution >= 0.6 is 0 Å². The lowest BCUT2D eigenvalue weighted by Gasteiger charge is -2.36. The van der Waals surface area contributed by atoms with Gasteiger partial charge in [-0.3, -0.25) is 4.79 Å². The largest absolute Gasteiger partial charge is 0.294 e. The van der Waals surface area contributed by atoms with Crippen molar-refractivity contribution < 1.29 is 4.79 Å². The number of hydrogen-bond donors (Lipinski definition) is 0. The van der Waals surface area contributed by atoms with Gasteiger partial charge in [0.2, 0.25) is 0 Å². The van der Waals surface area contributed by atoms with Gasteiger partial charge in [-0.05, 0) is 23.3 Å². The lowest BCUT2D eigenvalue weighted by atomic mass is 9.67. The fourth-order valence-corrected chi connectivity index (χ4v) is 3.68. The third-order valence-electron chi connectivity index (χ3n) is 5.33. The second-order valence-electron chi connectivity index (χ2n) is 6.23. The Morgan fingerprint density at radius 3 is 2.40 bits per heavy atom. The number of rotatable bonds is 0. The van der Waals surface area contributed by atoms with Gasteiger partial charge in [0, 0.05) is 11.8 Å². The highest BCUT2D eigenvalue weighted by Gasteiger charge is 2.60. The summed E-state index contributed by atoms with van der Waals surface area (Å²) in [7, 11) is 0. The Bertz CT molecular complexity index is 421. The lowest BCUT2D eigenvalue weighted by molar-refractivity contribution is -0.117. The van der Waals surface area contributed by atoms with E-state index in [1.807, 2.05) is 6.08 Å². The topological polar surface area (TPSA) is 17.1 Å². The Hall–Kier alpha value is -0.850. The summed E-state index contributed by atoms with van der Waals surface area (Å²) < 4.78 is 0. The summed E-state index contributed by atoms with van der Waals surface area (Å²) in [5.41, 5.74) is 3.29. The minimum absolute atomic E-state index is 0.147. The van der Waals surface area contributed by atoms with Crippen molar-refractivity contribution in [3.05, 3.63) is 23.3 Å². The molecular weight excluding hydrogens is 184 g/mol. The number of ketones is 1. The van der Waals surface area contributed by atoms with Crippen LogP contribution in [-0.4, -0.2) is 5.78 Å². The van der Waals surface area contributed by atoms with Crippen molar-refractivity contribution in [2.24, 2.45) is 22.7 Å². The Balaban J connectivity index is 2.26. The summed E-state index contributed by atoms with van der Waals surface area (Å²) in [4.78, 5) is 11.8. The molecule has 0 aromatic rings. The molecule has 2 atom stereocenters. The fraction of sp³-hybridized carbons (Fsp3) is 0.643. The molecular formula is C14H18O. The molecule has 1 saturated carbocycles. The van der Waals surface area contributed by atoms with E-state index in [-0.39, 0.29) is 16.7 Å². The highest BCUT2D eigenvalue weighted by Crippen LogP contribution is 2.67. The fourth-order valence-electron chi connectivity index (χ4n) is 3.68. The van der Waals surface area contributed by atoms with Crippen molar-refractivity contribution in [1.82, 2.24) is 0 Å². The van der Waals surface area contributed by atoms with Crippen molar-refractivity contribution in [2.45, 2.75) is 34.1 Å². The van der Waals surface area contributed by atoms with Crippen LogP contribution in [0.5, 0.6) is 0 Å². The van der Waals surface area contributed by atoms with Gasteiger partial charge in [0.25, 0.3) is 0 Å². The molecule has 0 saturated heterocycles. The molecule has 1 nitrogen and oxygen atoms in total. The van der Waals surface area contributed by atoms with E-state index < -0.39 is 0 Å². The van der Waals surface area contributed by atoms with E-state index in [2.05, 4.69) is 33.8 Å². The molecule has 3 rings (SSSR count). The first-order chi connectivity index (χ1) is 6.87. The number of allylic oxidation sites excluding steroid dienone is 4. The van der Waals surface area contributed by atoms with Gasteiger partial charge in [-0.15, -0.1) is 0 Å². The normalized spacial score (nSPS) is 39.1. The standard InChI is InChI=1S/C14H18O/c1-13(2)9-6-5-8-11(15)7-10(12(8)9)14(13,3)4/h6-8,12H,5H2,1-4H3/t8-,12+/m0/s1. The molecule has 0 bridgehead atoms. The average Bonchev–Trinajstić information content (AvgIpc) is 2.69. The first-order valence-electron chi connectivity index (χ1n) is 5.84. The molecule has 0 aromatic heterocycles. The molecule has 3 aliphatic carbocycles. The van der Waals surface area contributed by atoms with Crippen molar-refractivity contribution >= 4 is 5.78 Å². The summed E-state index contributed by atoms with van der Waals surface area (Å²) in [6, 6.07) is 0. The quantitative estimate of drug-likeness (QED) is 0.551. The molecule has 0 aliphatic heterocycles. The highest BCUT2D eigenvalue weighted by atomic mass is 16.1. The predicted octanol–water partition coefficient (Wildman–Crippen LogP) is 3.12. The smallest absolute Gasteiger partial charge is 0.159 e. The van der Waals surface area contributed by atoms with E-state index in [9.17, 15) is 4.79 Å². The van der Waals surface area contributed by atoms with Gasteiger partial charge in [0.1, 0.15) is 0 Å². The van der Waals surface area contributed by atoms with Crippen LogP contribution in [0.15, 0.2) is 23.3 Å². The van der Waals surface area contributed by atoms with E-state index in [0.717, 1.165) is 6.42 Å². The molecule has 1 fully saturated rings. The van der Waals surface area contributed by atoms with Gasteiger partial charge in [-0.2, -0.15) is 0 Å². The first kappa shape index (κ1) is 9.38. The summed E-state index contributed by atoms with van der Waals surface area (Å²) in [5.74, 6) is 1.09. The molecule has 0 aromatic carbocycles.